The first-order chi connectivity index (χ1) is 8.88. The molecule has 1 rings (SSSR count). The van der Waals surface area contributed by atoms with Crippen molar-refractivity contribution < 1.29 is 23.8 Å². The SMILES string of the molecule is CCC(OC(=O)c1cccc(F)c1C(=O)O)C(C)C. The number of carboxylic acid groups (broad SMARTS) is 1. The van der Waals surface area contributed by atoms with Crippen molar-refractivity contribution in [3.05, 3.63) is 35.1 Å². The molecule has 0 aliphatic heterocycles. The number of carboxylic acids is 1. The molecule has 0 aliphatic rings. The smallest absolute Gasteiger partial charge is 0.339 e. The molecule has 19 heavy (non-hydrogen) atoms. The van der Waals surface area contributed by atoms with Crippen LogP contribution in [0.3, 0.4) is 0 Å². The molecule has 1 aromatic rings. The second kappa shape index (κ2) is 6.31. The van der Waals surface area contributed by atoms with E-state index in [1.54, 1.807) is 0 Å². The largest absolute Gasteiger partial charge is 0.478 e. The third-order valence-corrected chi connectivity index (χ3v) is 2.85. The Morgan fingerprint density at radius 1 is 1.37 bits per heavy atom. The van der Waals surface area contributed by atoms with Gasteiger partial charge in [0.05, 0.1) is 5.56 Å². The van der Waals surface area contributed by atoms with Gasteiger partial charge < -0.3 is 9.84 Å². The number of carbonyl (C=O) groups is 2. The lowest BCUT2D eigenvalue weighted by Crippen LogP contribution is -2.24. The minimum Gasteiger partial charge on any atom is -0.478 e. The average molecular weight is 268 g/mol. The van der Waals surface area contributed by atoms with E-state index in [0.29, 0.717) is 6.42 Å². The van der Waals surface area contributed by atoms with Crippen LogP contribution in [0, 0.1) is 11.7 Å². The number of hydrogen-bond donors (Lipinski definition) is 1. The van der Waals surface area contributed by atoms with Crippen LogP contribution >= 0.6 is 0 Å². The molecule has 0 bridgehead atoms. The maximum atomic E-state index is 13.5. The maximum absolute atomic E-state index is 13.5. The first-order valence-electron chi connectivity index (χ1n) is 6.11. The molecule has 0 saturated heterocycles. The number of carbonyl (C=O) groups excluding carboxylic acids is 1. The summed E-state index contributed by atoms with van der Waals surface area (Å²) in [7, 11) is 0. The van der Waals surface area contributed by atoms with Gasteiger partial charge in [0, 0.05) is 0 Å². The first kappa shape index (κ1) is 15.1. The predicted octanol–water partition coefficient (Wildman–Crippen LogP) is 3.12. The quantitative estimate of drug-likeness (QED) is 0.833. The number of rotatable bonds is 5. The molecular formula is C14H17FO4. The van der Waals surface area contributed by atoms with Crippen LogP contribution < -0.4 is 0 Å². The van der Waals surface area contributed by atoms with Gasteiger partial charge in [-0.05, 0) is 24.5 Å². The van der Waals surface area contributed by atoms with Crippen LogP contribution in [0.15, 0.2) is 18.2 Å². The van der Waals surface area contributed by atoms with E-state index in [1.165, 1.54) is 12.1 Å². The minimum atomic E-state index is -1.48. The van der Waals surface area contributed by atoms with Crippen LogP contribution in [0.5, 0.6) is 0 Å². The van der Waals surface area contributed by atoms with Crippen LogP contribution in [-0.4, -0.2) is 23.1 Å². The highest BCUT2D eigenvalue weighted by Crippen LogP contribution is 2.18. The Labute approximate surface area is 111 Å². The van der Waals surface area contributed by atoms with Crippen molar-refractivity contribution in [1.29, 1.82) is 0 Å². The molecule has 104 valence electrons. The van der Waals surface area contributed by atoms with E-state index in [4.69, 9.17) is 9.84 Å². The summed E-state index contributed by atoms with van der Waals surface area (Å²) in [6.07, 6.45) is 0.290. The van der Waals surface area contributed by atoms with Gasteiger partial charge in [-0.15, -0.1) is 0 Å². The predicted molar refractivity (Wildman–Crippen MR) is 67.7 cm³/mol. The van der Waals surface area contributed by atoms with Crippen molar-refractivity contribution >= 4 is 11.9 Å². The minimum absolute atomic E-state index is 0.107. The summed E-state index contributed by atoms with van der Waals surface area (Å²) in [6, 6.07) is 3.54. The molecule has 0 aromatic heterocycles. The van der Waals surface area contributed by atoms with Gasteiger partial charge in [0.25, 0.3) is 0 Å². The van der Waals surface area contributed by atoms with Crippen molar-refractivity contribution in [2.75, 3.05) is 0 Å². The molecule has 0 saturated carbocycles. The number of aromatic carboxylic acids is 1. The second-order valence-electron chi connectivity index (χ2n) is 4.56. The number of ether oxygens (including phenoxy) is 1. The topological polar surface area (TPSA) is 63.6 Å². The Kier molecular flexibility index (Phi) is 5.03. The van der Waals surface area contributed by atoms with Crippen molar-refractivity contribution in [3.63, 3.8) is 0 Å². The van der Waals surface area contributed by atoms with Crippen LogP contribution in [0.4, 0.5) is 4.39 Å². The fourth-order valence-corrected chi connectivity index (χ4v) is 1.80. The number of halogens is 1. The zero-order valence-electron chi connectivity index (χ0n) is 11.1. The maximum Gasteiger partial charge on any atom is 0.339 e. The second-order valence-corrected chi connectivity index (χ2v) is 4.56. The number of hydrogen-bond acceptors (Lipinski definition) is 3. The lowest BCUT2D eigenvalue weighted by molar-refractivity contribution is 0.0168. The molecule has 1 atom stereocenters. The summed E-state index contributed by atoms with van der Waals surface area (Å²) in [6.45, 7) is 5.65. The van der Waals surface area contributed by atoms with Crippen molar-refractivity contribution in [1.82, 2.24) is 0 Å². The summed E-state index contributed by atoms with van der Waals surface area (Å²) in [5.74, 6) is -3.13. The third-order valence-electron chi connectivity index (χ3n) is 2.85. The first-order valence-corrected chi connectivity index (χ1v) is 6.11. The molecular weight excluding hydrogens is 251 g/mol. The van der Waals surface area contributed by atoms with Crippen molar-refractivity contribution in [3.8, 4) is 0 Å². The summed E-state index contributed by atoms with van der Waals surface area (Å²) < 4.78 is 18.7. The highest BCUT2D eigenvalue weighted by molar-refractivity contribution is 6.02. The number of benzene rings is 1. The fraction of sp³-hybridized carbons (Fsp3) is 0.429. The molecule has 0 spiro atoms. The number of esters is 1. The zero-order chi connectivity index (χ0) is 14.6. The van der Waals surface area contributed by atoms with Crippen molar-refractivity contribution in [2.24, 2.45) is 5.92 Å². The molecule has 0 heterocycles. The lowest BCUT2D eigenvalue weighted by Gasteiger charge is -2.20. The van der Waals surface area contributed by atoms with Gasteiger partial charge in [-0.1, -0.05) is 26.8 Å². The van der Waals surface area contributed by atoms with Gasteiger partial charge >= 0.3 is 11.9 Å². The van der Waals surface area contributed by atoms with E-state index in [1.807, 2.05) is 20.8 Å². The summed E-state index contributed by atoms with van der Waals surface area (Å²) in [5.41, 5.74) is -0.905. The molecule has 5 heteroatoms. The third kappa shape index (κ3) is 3.53. The van der Waals surface area contributed by atoms with Gasteiger partial charge in [0.2, 0.25) is 0 Å². The van der Waals surface area contributed by atoms with E-state index in [2.05, 4.69) is 0 Å². The van der Waals surface area contributed by atoms with Gasteiger partial charge in [0.1, 0.15) is 17.5 Å². The molecule has 1 N–H and O–H groups in total. The van der Waals surface area contributed by atoms with E-state index in [0.717, 1.165) is 6.07 Å². The average Bonchev–Trinajstić information content (AvgIpc) is 2.34. The van der Waals surface area contributed by atoms with Crippen LogP contribution in [-0.2, 0) is 4.74 Å². The van der Waals surface area contributed by atoms with Gasteiger partial charge in [-0.2, -0.15) is 0 Å². The van der Waals surface area contributed by atoms with E-state index >= 15 is 0 Å². The zero-order valence-corrected chi connectivity index (χ0v) is 11.1. The standard InChI is InChI=1S/C14H17FO4/c1-4-11(8(2)3)19-14(18)9-6-5-7-10(15)12(9)13(16)17/h5-8,11H,4H2,1-3H3,(H,16,17). The molecule has 0 amide bonds. The molecule has 4 nitrogen and oxygen atoms in total. The molecule has 0 radical (unpaired) electrons. The van der Waals surface area contributed by atoms with Gasteiger partial charge in [-0.3, -0.25) is 0 Å². The Morgan fingerprint density at radius 2 is 2.00 bits per heavy atom. The molecule has 1 unspecified atom stereocenters. The Balaban J connectivity index is 3.07. The Morgan fingerprint density at radius 3 is 2.47 bits per heavy atom. The van der Waals surface area contributed by atoms with Crippen LogP contribution in [0.25, 0.3) is 0 Å². The van der Waals surface area contributed by atoms with E-state index in [9.17, 15) is 14.0 Å². The highest BCUT2D eigenvalue weighted by Gasteiger charge is 2.24. The summed E-state index contributed by atoms with van der Waals surface area (Å²) in [4.78, 5) is 22.9. The highest BCUT2D eigenvalue weighted by atomic mass is 19.1. The van der Waals surface area contributed by atoms with E-state index < -0.39 is 23.3 Å². The normalized spacial score (nSPS) is 12.3. The molecule has 1 aromatic carbocycles. The Bertz CT molecular complexity index is 482. The van der Waals surface area contributed by atoms with Crippen molar-refractivity contribution in [2.45, 2.75) is 33.3 Å². The summed E-state index contributed by atoms with van der Waals surface area (Å²) in [5, 5.41) is 8.95. The fourth-order valence-electron chi connectivity index (χ4n) is 1.80. The van der Waals surface area contributed by atoms with E-state index in [-0.39, 0.29) is 17.6 Å². The monoisotopic (exact) mass is 268 g/mol. The van der Waals surface area contributed by atoms with Crippen LogP contribution in [0.2, 0.25) is 0 Å². The van der Waals surface area contributed by atoms with Gasteiger partial charge in [0.15, 0.2) is 0 Å². The Hall–Kier alpha value is -1.91. The molecule has 0 aliphatic carbocycles. The van der Waals surface area contributed by atoms with Crippen LogP contribution in [0.1, 0.15) is 47.9 Å². The molecule has 0 fully saturated rings. The summed E-state index contributed by atoms with van der Waals surface area (Å²) >= 11 is 0. The van der Waals surface area contributed by atoms with Gasteiger partial charge in [-0.25, -0.2) is 14.0 Å². The lowest BCUT2D eigenvalue weighted by atomic mass is 10.0.